The van der Waals surface area contributed by atoms with Gasteiger partial charge in [-0.25, -0.2) is 0 Å². The summed E-state index contributed by atoms with van der Waals surface area (Å²) in [6, 6.07) is 9.41. The van der Waals surface area contributed by atoms with Crippen molar-refractivity contribution >= 4 is 9.24 Å². The largest absolute Gasteiger partial charge is 0.127 e. The third-order valence-electron chi connectivity index (χ3n) is 4.96. The SMILES string of the molecule is CCCC(C)(P)c1ccc(C(CC)(CC)CC)cc1. The van der Waals surface area contributed by atoms with Crippen LogP contribution in [0.1, 0.15) is 77.8 Å². The van der Waals surface area contributed by atoms with Crippen LogP contribution in [-0.4, -0.2) is 0 Å². The van der Waals surface area contributed by atoms with Gasteiger partial charge in [-0.3, -0.25) is 0 Å². The van der Waals surface area contributed by atoms with E-state index < -0.39 is 0 Å². The Morgan fingerprint density at radius 3 is 1.63 bits per heavy atom. The smallest absolute Gasteiger partial charge is 0.00693 e. The van der Waals surface area contributed by atoms with Gasteiger partial charge in [0.05, 0.1) is 0 Å². The average molecular weight is 278 g/mol. The summed E-state index contributed by atoms with van der Waals surface area (Å²) < 4.78 is 0. The van der Waals surface area contributed by atoms with Crippen LogP contribution in [0.15, 0.2) is 24.3 Å². The molecule has 19 heavy (non-hydrogen) atoms. The Balaban J connectivity index is 3.05. The fourth-order valence-corrected chi connectivity index (χ4v) is 3.71. The Labute approximate surface area is 122 Å². The van der Waals surface area contributed by atoms with E-state index in [4.69, 9.17) is 0 Å². The zero-order chi connectivity index (χ0) is 14.5. The molecule has 0 radical (unpaired) electrons. The van der Waals surface area contributed by atoms with Crippen molar-refractivity contribution < 1.29 is 0 Å². The molecule has 1 rings (SSSR count). The highest BCUT2D eigenvalue weighted by Crippen LogP contribution is 2.39. The van der Waals surface area contributed by atoms with Crippen LogP contribution in [0.5, 0.6) is 0 Å². The summed E-state index contributed by atoms with van der Waals surface area (Å²) in [4.78, 5) is 0. The van der Waals surface area contributed by atoms with Gasteiger partial charge < -0.3 is 0 Å². The zero-order valence-corrected chi connectivity index (χ0v) is 14.6. The van der Waals surface area contributed by atoms with Crippen molar-refractivity contribution in [2.75, 3.05) is 0 Å². The lowest BCUT2D eigenvalue weighted by atomic mass is 9.73. The molecule has 1 heteroatoms. The lowest BCUT2D eigenvalue weighted by molar-refractivity contribution is 0.381. The fraction of sp³-hybridized carbons (Fsp3) is 0.667. The molecule has 0 saturated heterocycles. The molecule has 0 aliphatic rings. The minimum absolute atomic E-state index is 0.223. The van der Waals surface area contributed by atoms with E-state index in [0.29, 0.717) is 5.41 Å². The van der Waals surface area contributed by atoms with Crippen LogP contribution in [0.4, 0.5) is 0 Å². The first-order valence-electron chi connectivity index (χ1n) is 7.85. The van der Waals surface area contributed by atoms with Crippen LogP contribution in [0, 0.1) is 0 Å². The van der Waals surface area contributed by atoms with E-state index in [1.807, 2.05) is 0 Å². The Morgan fingerprint density at radius 2 is 1.26 bits per heavy atom. The number of hydrogen-bond acceptors (Lipinski definition) is 0. The van der Waals surface area contributed by atoms with Crippen molar-refractivity contribution in [3.63, 3.8) is 0 Å². The third kappa shape index (κ3) is 3.60. The molecule has 0 aromatic heterocycles. The maximum absolute atomic E-state index is 3.03. The molecule has 0 nitrogen and oxygen atoms in total. The molecule has 0 aliphatic carbocycles. The summed E-state index contributed by atoms with van der Waals surface area (Å²) in [5.74, 6) is 0. The molecular weight excluding hydrogens is 247 g/mol. The lowest BCUT2D eigenvalue weighted by Crippen LogP contribution is -2.23. The van der Waals surface area contributed by atoms with Crippen LogP contribution >= 0.6 is 9.24 Å². The standard InChI is InChI=1S/C18H31P/c1-6-14-17(5,19)15-10-12-16(13-11-15)18(7-2,8-3)9-4/h10-13H,6-9,14,19H2,1-5H3. The fourth-order valence-electron chi connectivity index (χ4n) is 3.23. The minimum atomic E-state index is 0.223. The Morgan fingerprint density at radius 1 is 0.842 bits per heavy atom. The summed E-state index contributed by atoms with van der Waals surface area (Å²) in [5.41, 5.74) is 3.34. The Kier molecular flexibility index (Phi) is 6.06. The van der Waals surface area contributed by atoms with Crippen LogP contribution in [-0.2, 0) is 10.6 Å². The van der Waals surface area contributed by atoms with E-state index in [1.165, 1.54) is 43.2 Å². The molecule has 0 fully saturated rings. The predicted octanol–water partition coefficient (Wildman–Crippen LogP) is 6.04. The van der Waals surface area contributed by atoms with Gasteiger partial charge in [-0.1, -0.05) is 65.3 Å². The van der Waals surface area contributed by atoms with Gasteiger partial charge in [0.1, 0.15) is 0 Å². The van der Waals surface area contributed by atoms with Gasteiger partial charge in [0.2, 0.25) is 0 Å². The average Bonchev–Trinajstić information content (AvgIpc) is 2.42. The maximum Gasteiger partial charge on any atom is 0.00693 e. The Bertz CT molecular complexity index is 363. The molecule has 2 atom stereocenters. The van der Waals surface area contributed by atoms with Crippen molar-refractivity contribution in [1.82, 2.24) is 0 Å². The first-order valence-corrected chi connectivity index (χ1v) is 8.43. The summed E-state index contributed by atoms with van der Waals surface area (Å²) >= 11 is 0. The molecule has 1 aromatic carbocycles. The number of benzene rings is 1. The molecule has 1 aromatic rings. The summed E-state index contributed by atoms with van der Waals surface area (Å²) in [7, 11) is 3.03. The lowest BCUT2D eigenvalue weighted by Gasteiger charge is -2.32. The molecule has 0 spiro atoms. The van der Waals surface area contributed by atoms with Gasteiger partial charge in [0.25, 0.3) is 0 Å². The van der Waals surface area contributed by atoms with Crippen molar-refractivity contribution in [3.8, 4) is 0 Å². The first kappa shape index (κ1) is 16.7. The third-order valence-corrected chi connectivity index (χ3v) is 5.58. The van der Waals surface area contributed by atoms with Crippen LogP contribution in [0.3, 0.4) is 0 Å². The molecule has 108 valence electrons. The number of hydrogen-bond donors (Lipinski definition) is 0. The van der Waals surface area contributed by atoms with Crippen molar-refractivity contribution in [2.24, 2.45) is 0 Å². The minimum Gasteiger partial charge on any atom is -0.127 e. The van der Waals surface area contributed by atoms with E-state index in [0.717, 1.165) is 0 Å². The van der Waals surface area contributed by atoms with Crippen molar-refractivity contribution in [1.29, 1.82) is 0 Å². The van der Waals surface area contributed by atoms with Crippen molar-refractivity contribution in [3.05, 3.63) is 35.4 Å². The van der Waals surface area contributed by atoms with E-state index >= 15 is 0 Å². The monoisotopic (exact) mass is 278 g/mol. The molecule has 0 heterocycles. The van der Waals surface area contributed by atoms with Gasteiger partial charge in [0, 0.05) is 5.16 Å². The molecule has 2 unspecified atom stereocenters. The van der Waals surface area contributed by atoms with Gasteiger partial charge in [-0.2, -0.15) is 0 Å². The second-order valence-electron chi connectivity index (χ2n) is 6.09. The summed E-state index contributed by atoms with van der Waals surface area (Å²) in [6.07, 6.45) is 6.13. The van der Waals surface area contributed by atoms with Gasteiger partial charge in [-0.05, 0) is 42.2 Å². The highest BCUT2D eigenvalue weighted by atomic mass is 31.0. The Hall–Kier alpha value is -0.350. The predicted molar refractivity (Wildman–Crippen MR) is 91.0 cm³/mol. The quantitative estimate of drug-likeness (QED) is 0.533. The van der Waals surface area contributed by atoms with E-state index in [2.05, 4.69) is 68.1 Å². The van der Waals surface area contributed by atoms with Gasteiger partial charge >= 0.3 is 0 Å². The highest BCUT2D eigenvalue weighted by molar-refractivity contribution is 7.18. The van der Waals surface area contributed by atoms with Gasteiger partial charge in [0.15, 0.2) is 0 Å². The zero-order valence-electron chi connectivity index (χ0n) is 13.4. The second-order valence-corrected chi connectivity index (χ2v) is 7.36. The molecule has 0 bridgehead atoms. The second kappa shape index (κ2) is 6.89. The number of rotatable bonds is 7. The summed E-state index contributed by atoms with van der Waals surface area (Å²) in [5, 5.41) is 0.223. The van der Waals surface area contributed by atoms with Gasteiger partial charge in [-0.15, -0.1) is 9.24 Å². The highest BCUT2D eigenvalue weighted by Gasteiger charge is 2.27. The first-order chi connectivity index (χ1) is 8.95. The maximum atomic E-state index is 3.03. The van der Waals surface area contributed by atoms with E-state index in [9.17, 15) is 0 Å². The molecular formula is C18H31P. The van der Waals surface area contributed by atoms with Crippen LogP contribution < -0.4 is 0 Å². The topological polar surface area (TPSA) is 0 Å². The van der Waals surface area contributed by atoms with Crippen LogP contribution in [0.2, 0.25) is 0 Å². The van der Waals surface area contributed by atoms with E-state index in [-0.39, 0.29) is 5.16 Å². The summed E-state index contributed by atoms with van der Waals surface area (Å²) in [6.45, 7) is 11.5. The molecule has 0 amide bonds. The van der Waals surface area contributed by atoms with E-state index in [1.54, 1.807) is 0 Å². The molecule has 0 saturated carbocycles. The normalized spacial score (nSPS) is 15.3. The molecule has 0 aliphatic heterocycles. The van der Waals surface area contributed by atoms with Crippen molar-refractivity contribution in [2.45, 2.75) is 77.3 Å². The van der Waals surface area contributed by atoms with Crippen LogP contribution in [0.25, 0.3) is 0 Å². The molecule has 0 N–H and O–H groups in total.